The van der Waals surface area contributed by atoms with Gasteiger partial charge in [0.05, 0.1) is 21.9 Å². The van der Waals surface area contributed by atoms with E-state index in [0.717, 1.165) is 23.5 Å². The van der Waals surface area contributed by atoms with Crippen LogP contribution in [0.25, 0.3) is 0 Å². The maximum absolute atomic E-state index is 12.0. The molecule has 1 aliphatic rings. The molecule has 106 valence electrons. The lowest BCUT2D eigenvalue weighted by Crippen LogP contribution is -2.25. The Morgan fingerprint density at radius 2 is 2.25 bits per heavy atom. The molecule has 0 aliphatic heterocycles. The Morgan fingerprint density at radius 3 is 3.00 bits per heavy atom. The largest absolute Gasteiger partial charge is 0.351 e. The van der Waals surface area contributed by atoms with Crippen LogP contribution in [0.5, 0.6) is 0 Å². The molecule has 0 saturated carbocycles. The first-order valence-electron chi connectivity index (χ1n) is 6.90. The minimum absolute atomic E-state index is 0.0219. The van der Waals surface area contributed by atoms with Crippen LogP contribution in [0.2, 0.25) is 0 Å². The Kier molecular flexibility index (Phi) is 4.12. The number of carbonyl (C=O) groups excluding carboxylic acids is 1. The molecule has 0 unspecified atom stereocenters. The van der Waals surface area contributed by atoms with Crippen LogP contribution in [0.15, 0.2) is 5.51 Å². The van der Waals surface area contributed by atoms with Gasteiger partial charge in [0.1, 0.15) is 4.88 Å². The molecule has 0 atom stereocenters. The molecule has 0 radical (unpaired) electrons. The van der Waals surface area contributed by atoms with Crippen molar-refractivity contribution in [1.29, 1.82) is 0 Å². The highest BCUT2D eigenvalue weighted by Gasteiger charge is 2.15. The third-order valence-electron chi connectivity index (χ3n) is 3.47. The van der Waals surface area contributed by atoms with E-state index < -0.39 is 0 Å². The number of thiazole rings is 2. The van der Waals surface area contributed by atoms with Gasteiger partial charge < -0.3 is 5.32 Å². The predicted octanol–water partition coefficient (Wildman–Crippen LogP) is 2.76. The molecule has 0 fully saturated rings. The number of amides is 1. The fourth-order valence-corrected chi connectivity index (χ4v) is 4.27. The van der Waals surface area contributed by atoms with Crippen molar-refractivity contribution in [3.05, 3.63) is 31.7 Å². The van der Waals surface area contributed by atoms with Crippen LogP contribution in [0.4, 0.5) is 0 Å². The Morgan fingerprint density at radius 1 is 1.40 bits per heavy atom. The summed E-state index contributed by atoms with van der Waals surface area (Å²) >= 11 is 3.21. The summed E-state index contributed by atoms with van der Waals surface area (Å²) in [6.07, 6.45) is 5.67. The summed E-state index contributed by atoms with van der Waals surface area (Å²) in [6.45, 7) is 2.50. The van der Waals surface area contributed by atoms with E-state index in [4.69, 9.17) is 0 Å². The number of nitrogens with one attached hydrogen (secondary N) is 1. The standard InChI is InChI=1S/C14H17N3OS2/c1-9-13(19-8-16-9)14(18)15-7-6-12-17-10-4-2-3-5-11(10)20-12/h8H,2-7H2,1H3,(H,15,18). The van der Waals surface area contributed by atoms with Crippen molar-refractivity contribution in [3.8, 4) is 0 Å². The average Bonchev–Trinajstić information content (AvgIpc) is 3.04. The van der Waals surface area contributed by atoms with Crippen molar-refractivity contribution < 1.29 is 4.79 Å². The molecule has 20 heavy (non-hydrogen) atoms. The third kappa shape index (κ3) is 2.91. The van der Waals surface area contributed by atoms with Crippen molar-refractivity contribution in [2.75, 3.05) is 6.54 Å². The maximum atomic E-state index is 12.0. The number of aryl methyl sites for hydroxylation is 3. The van der Waals surface area contributed by atoms with Crippen molar-refractivity contribution in [1.82, 2.24) is 15.3 Å². The molecule has 0 saturated heterocycles. The monoisotopic (exact) mass is 307 g/mol. The summed E-state index contributed by atoms with van der Waals surface area (Å²) in [5, 5.41) is 4.10. The topological polar surface area (TPSA) is 54.9 Å². The molecule has 1 amide bonds. The van der Waals surface area contributed by atoms with Gasteiger partial charge in [0.15, 0.2) is 0 Å². The van der Waals surface area contributed by atoms with Crippen molar-refractivity contribution in [2.45, 2.75) is 39.0 Å². The van der Waals surface area contributed by atoms with Gasteiger partial charge in [-0.05, 0) is 32.6 Å². The number of rotatable bonds is 4. The Hall–Kier alpha value is -1.27. The molecule has 3 rings (SSSR count). The molecule has 2 aromatic heterocycles. The summed E-state index contributed by atoms with van der Waals surface area (Å²) in [5.41, 5.74) is 3.80. The normalized spacial score (nSPS) is 14.1. The van der Waals surface area contributed by atoms with Crippen LogP contribution in [0.1, 0.15) is 43.8 Å². The molecule has 1 N–H and O–H groups in total. The third-order valence-corrected chi connectivity index (χ3v) is 5.61. The molecular weight excluding hydrogens is 290 g/mol. The maximum Gasteiger partial charge on any atom is 0.263 e. The van der Waals surface area contributed by atoms with Crippen molar-refractivity contribution >= 4 is 28.6 Å². The summed E-state index contributed by atoms with van der Waals surface area (Å²) in [5.74, 6) is -0.0219. The first-order valence-corrected chi connectivity index (χ1v) is 8.59. The van der Waals surface area contributed by atoms with Crippen molar-refractivity contribution in [2.24, 2.45) is 0 Å². The molecule has 0 bridgehead atoms. The number of nitrogens with zero attached hydrogens (tertiary/aromatic N) is 2. The minimum atomic E-state index is -0.0219. The fraction of sp³-hybridized carbons (Fsp3) is 0.500. The summed E-state index contributed by atoms with van der Waals surface area (Å²) in [6, 6.07) is 0. The van der Waals surface area contributed by atoms with Crippen molar-refractivity contribution in [3.63, 3.8) is 0 Å². The minimum Gasteiger partial charge on any atom is -0.351 e. The lowest BCUT2D eigenvalue weighted by molar-refractivity contribution is 0.0957. The zero-order chi connectivity index (χ0) is 13.9. The second-order valence-corrected chi connectivity index (χ2v) is 6.98. The van der Waals surface area contributed by atoms with E-state index in [1.807, 2.05) is 18.3 Å². The summed E-state index contributed by atoms with van der Waals surface area (Å²) < 4.78 is 0. The summed E-state index contributed by atoms with van der Waals surface area (Å²) in [7, 11) is 0. The van der Waals surface area contributed by atoms with Gasteiger partial charge in [-0.15, -0.1) is 22.7 Å². The van der Waals surface area contributed by atoms with Crippen LogP contribution >= 0.6 is 22.7 Å². The SMILES string of the molecule is Cc1ncsc1C(=O)NCCc1nc2c(s1)CCCC2. The predicted molar refractivity (Wildman–Crippen MR) is 81.6 cm³/mol. The molecule has 1 aliphatic carbocycles. The van der Waals surface area contributed by atoms with Gasteiger partial charge in [0, 0.05) is 17.8 Å². The van der Waals surface area contributed by atoms with Crippen LogP contribution in [0.3, 0.4) is 0 Å². The van der Waals surface area contributed by atoms with E-state index in [0.29, 0.717) is 11.4 Å². The molecule has 2 aromatic rings. The van der Waals surface area contributed by atoms with Crippen LogP contribution in [0, 0.1) is 6.92 Å². The van der Waals surface area contributed by atoms with Gasteiger partial charge in [0.2, 0.25) is 0 Å². The second-order valence-electron chi connectivity index (χ2n) is 4.96. The zero-order valence-electron chi connectivity index (χ0n) is 11.4. The van der Waals surface area contributed by atoms with E-state index in [1.54, 1.807) is 5.51 Å². The zero-order valence-corrected chi connectivity index (χ0v) is 13.1. The number of aromatic nitrogens is 2. The first kappa shape index (κ1) is 13.7. The van der Waals surface area contributed by atoms with Gasteiger partial charge >= 0.3 is 0 Å². The fourth-order valence-electron chi connectivity index (χ4n) is 2.40. The number of carbonyl (C=O) groups is 1. The van der Waals surface area contributed by atoms with Gasteiger partial charge in [-0.1, -0.05) is 0 Å². The van der Waals surface area contributed by atoms with Gasteiger partial charge in [0.25, 0.3) is 5.91 Å². The highest BCUT2D eigenvalue weighted by Crippen LogP contribution is 2.26. The van der Waals surface area contributed by atoms with Crippen LogP contribution in [-0.2, 0) is 19.3 Å². The molecule has 4 nitrogen and oxygen atoms in total. The number of hydrogen-bond donors (Lipinski definition) is 1. The molecule has 2 heterocycles. The first-order chi connectivity index (χ1) is 9.74. The summed E-state index contributed by atoms with van der Waals surface area (Å²) in [4.78, 5) is 22.9. The van der Waals surface area contributed by atoms with Gasteiger partial charge in [-0.3, -0.25) is 4.79 Å². The lowest BCUT2D eigenvalue weighted by atomic mass is 10.0. The van der Waals surface area contributed by atoms with E-state index in [1.165, 1.54) is 41.2 Å². The van der Waals surface area contributed by atoms with E-state index in [2.05, 4.69) is 15.3 Å². The number of hydrogen-bond acceptors (Lipinski definition) is 5. The highest BCUT2D eigenvalue weighted by atomic mass is 32.1. The molecular formula is C14H17N3OS2. The van der Waals surface area contributed by atoms with Crippen LogP contribution in [-0.4, -0.2) is 22.4 Å². The lowest BCUT2D eigenvalue weighted by Gasteiger charge is -2.06. The van der Waals surface area contributed by atoms with E-state index in [-0.39, 0.29) is 5.91 Å². The second kappa shape index (κ2) is 6.01. The molecule has 0 spiro atoms. The van der Waals surface area contributed by atoms with E-state index >= 15 is 0 Å². The van der Waals surface area contributed by atoms with Gasteiger partial charge in [-0.25, -0.2) is 9.97 Å². The number of fused-ring (bicyclic) bond motifs is 1. The highest BCUT2D eigenvalue weighted by molar-refractivity contribution is 7.12. The molecule has 6 heteroatoms. The van der Waals surface area contributed by atoms with Crippen LogP contribution < -0.4 is 5.32 Å². The quantitative estimate of drug-likeness (QED) is 0.945. The molecule has 0 aromatic carbocycles. The Bertz CT molecular complexity index is 594. The van der Waals surface area contributed by atoms with Gasteiger partial charge in [-0.2, -0.15) is 0 Å². The Labute approximate surface area is 126 Å². The average molecular weight is 307 g/mol. The Balaban J connectivity index is 1.54. The smallest absolute Gasteiger partial charge is 0.263 e. The van der Waals surface area contributed by atoms with E-state index in [9.17, 15) is 4.79 Å².